The Labute approximate surface area is 262 Å². The molecule has 14 heteroatoms. The quantitative estimate of drug-likeness (QED) is 0.183. The minimum atomic E-state index is -3.36. The molecular formula is C32H30F3N5O5S. The SMILES string of the molecule is Cc1cc(Oc2ccccc2F)ccc1-n1ncc(C(=O)c2cc3cc(OC(F)F)c(C4CCN(S(C)(=O)=O)CC4)cc3[nH]2)c1N. The number of hydrogen-bond donors (Lipinski definition) is 2. The van der Waals surface area contributed by atoms with E-state index in [-0.39, 0.29) is 47.6 Å². The number of nitrogen functional groups attached to an aromatic ring is 1. The summed E-state index contributed by atoms with van der Waals surface area (Å²) in [6.45, 7) is -0.755. The minimum Gasteiger partial charge on any atom is -0.454 e. The number of nitrogens with two attached hydrogens (primary N) is 1. The van der Waals surface area contributed by atoms with Crippen LogP contribution in [0.4, 0.5) is 19.0 Å². The highest BCUT2D eigenvalue weighted by atomic mass is 32.2. The van der Waals surface area contributed by atoms with Gasteiger partial charge in [0.25, 0.3) is 0 Å². The number of halogens is 3. The lowest BCUT2D eigenvalue weighted by Crippen LogP contribution is -2.37. The van der Waals surface area contributed by atoms with Crippen molar-refractivity contribution in [2.24, 2.45) is 0 Å². The Bertz CT molecular complexity index is 2050. The maximum absolute atomic E-state index is 14.0. The van der Waals surface area contributed by atoms with E-state index in [1.54, 1.807) is 43.3 Å². The molecule has 6 rings (SSSR count). The zero-order chi connectivity index (χ0) is 32.7. The molecule has 5 aromatic rings. The molecule has 1 saturated heterocycles. The van der Waals surface area contributed by atoms with Crippen LogP contribution < -0.4 is 15.2 Å². The number of fused-ring (bicyclic) bond motifs is 1. The standard InChI is InChI=1S/C32H30F3N5O5S/c1-18-13-21(44-28-6-4-3-5-24(28)33)7-8-27(18)40-31(36)23(17-37-40)30(41)26-14-20-15-29(45-32(34)35)22(16-25(20)38-26)19-9-11-39(12-10-19)46(2,42)43/h3-8,13-17,19,32,38H,9-12,36H2,1-2H3. The van der Waals surface area contributed by atoms with Crippen molar-refractivity contribution in [3.8, 4) is 22.9 Å². The van der Waals surface area contributed by atoms with Gasteiger partial charge in [-0.3, -0.25) is 4.79 Å². The topological polar surface area (TPSA) is 133 Å². The van der Waals surface area contributed by atoms with Crippen molar-refractivity contribution in [2.75, 3.05) is 25.1 Å². The summed E-state index contributed by atoms with van der Waals surface area (Å²) >= 11 is 0. The van der Waals surface area contributed by atoms with Crippen LogP contribution in [0.5, 0.6) is 17.2 Å². The molecule has 1 aliphatic rings. The van der Waals surface area contributed by atoms with E-state index < -0.39 is 28.2 Å². The van der Waals surface area contributed by atoms with Crippen LogP contribution in [0.3, 0.4) is 0 Å². The van der Waals surface area contributed by atoms with Gasteiger partial charge in [0, 0.05) is 24.0 Å². The molecule has 46 heavy (non-hydrogen) atoms. The minimum absolute atomic E-state index is 0.0245. The van der Waals surface area contributed by atoms with E-state index in [4.69, 9.17) is 15.2 Å². The summed E-state index contributed by atoms with van der Waals surface area (Å²) in [7, 11) is -3.36. The third-order valence-electron chi connectivity index (χ3n) is 8.09. The number of aryl methyl sites for hydroxylation is 1. The number of anilines is 1. The third kappa shape index (κ3) is 6.17. The highest BCUT2D eigenvalue weighted by Gasteiger charge is 2.29. The molecule has 0 unspecified atom stereocenters. The van der Waals surface area contributed by atoms with Gasteiger partial charge >= 0.3 is 6.61 Å². The van der Waals surface area contributed by atoms with Crippen molar-refractivity contribution in [2.45, 2.75) is 32.3 Å². The maximum atomic E-state index is 14.0. The summed E-state index contributed by atoms with van der Waals surface area (Å²) in [6.07, 6.45) is 3.34. The Morgan fingerprint density at radius 1 is 1.07 bits per heavy atom. The number of aromatic amines is 1. The lowest BCUT2D eigenvalue weighted by atomic mass is 9.89. The first-order valence-corrected chi connectivity index (χ1v) is 16.2. The van der Waals surface area contributed by atoms with Crippen molar-refractivity contribution in [1.29, 1.82) is 0 Å². The molecular weight excluding hydrogens is 623 g/mol. The van der Waals surface area contributed by atoms with E-state index in [0.29, 0.717) is 46.3 Å². The maximum Gasteiger partial charge on any atom is 0.387 e. The van der Waals surface area contributed by atoms with E-state index in [1.807, 2.05) is 0 Å². The fourth-order valence-corrected chi connectivity index (χ4v) is 6.64. The van der Waals surface area contributed by atoms with Gasteiger partial charge in [0.2, 0.25) is 15.8 Å². The second kappa shape index (κ2) is 12.2. The second-order valence-electron chi connectivity index (χ2n) is 11.1. The molecule has 0 radical (unpaired) electrons. The number of nitrogens with zero attached hydrogens (tertiary/aromatic N) is 3. The number of aromatic nitrogens is 3. The number of H-pyrrole nitrogens is 1. The largest absolute Gasteiger partial charge is 0.454 e. The summed E-state index contributed by atoms with van der Waals surface area (Å²) in [4.78, 5) is 16.7. The number of para-hydroxylation sites is 1. The molecule has 0 aliphatic carbocycles. The first-order valence-electron chi connectivity index (χ1n) is 14.4. The number of nitrogens with one attached hydrogen (secondary N) is 1. The number of ether oxygens (including phenoxy) is 2. The van der Waals surface area contributed by atoms with Gasteiger partial charge in [0.1, 0.15) is 17.3 Å². The van der Waals surface area contributed by atoms with Crippen LogP contribution in [0.25, 0.3) is 16.6 Å². The van der Waals surface area contributed by atoms with Crippen LogP contribution in [0, 0.1) is 12.7 Å². The van der Waals surface area contributed by atoms with Crippen molar-refractivity contribution >= 4 is 32.5 Å². The Hall–Kier alpha value is -4.82. The van der Waals surface area contributed by atoms with Gasteiger partial charge in [0.05, 0.1) is 29.4 Å². The van der Waals surface area contributed by atoms with Gasteiger partial charge in [-0.15, -0.1) is 0 Å². The summed E-state index contributed by atoms with van der Waals surface area (Å²) in [5.41, 5.74) is 9.00. The zero-order valence-corrected chi connectivity index (χ0v) is 25.7. The number of hydrogen-bond acceptors (Lipinski definition) is 7. The van der Waals surface area contributed by atoms with Crippen LogP contribution in [0.15, 0.2) is 66.9 Å². The van der Waals surface area contributed by atoms with Crippen molar-refractivity contribution < 1.29 is 35.9 Å². The van der Waals surface area contributed by atoms with Gasteiger partial charge in [-0.1, -0.05) is 12.1 Å². The normalized spacial score (nSPS) is 14.7. The number of sulfonamides is 1. The molecule has 1 fully saturated rings. The summed E-state index contributed by atoms with van der Waals surface area (Å²) in [5.74, 6) is -0.642. The summed E-state index contributed by atoms with van der Waals surface area (Å²) < 4.78 is 78.0. The average Bonchev–Trinajstić information content (AvgIpc) is 3.60. The van der Waals surface area contributed by atoms with Crippen molar-refractivity contribution in [3.05, 3.63) is 95.1 Å². The number of carbonyl (C=O) groups excluding carboxylic acids is 1. The van der Waals surface area contributed by atoms with Crippen LogP contribution in [0.2, 0.25) is 0 Å². The molecule has 0 atom stereocenters. The fourth-order valence-electron chi connectivity index (χ4n) is 5.77. The van der Waals surface area contributed by atoms with Crippen LogP contribution in [0.1, 0.15) is 45.9 Å². The number of piperidine rings is 1. The first-order chi connectivity index (χ1) is 21.9. The van der Waals surface area contributed by atoms with Crippen LogP contribution in [-0.2, 0) is 10.0 Å². The highest BCUT2D eigenvalue weighted by Crippen LogP contribution is 2.39. The number of rotatable bonds is 9. The van der Waals surface area contributed by atoms with Gasteiger partial charge in [-0.2, -0.15) is 13.9 Å². The van der Waals surface area contributed by atoms with Crippen molar-refractivity contribution in [3.63, 3.8) is 0 Å². The van der Waals surface area contributed by atoms with E-state index in [2.05, 4.69) is 10.1 Å². The van der Waals surface area contributed by atoms with Gasteiger partial charge in [-0.25, -0.2) is 21.8 Å². The zero-order valence-electron chi connectivity index (χ0n) is 24.8. The molecule has 2 aromatic heterocycles. The average molecular weight is 654 g/mol. The Morgan fingerprint density at radius 3 is 2.48 bits per heavy atom. The smallest absolute Gasteiger partial charge is 0.387 e. The molecule has 0 bridgehead atoms. The molecule has 3 N–H and O–H groups in total. The first kappa shape index (κ1) is 31.2. The summed E-state index contributed by atoms with van der Waals surface area (Å²) in [5, 5.41) is 4.80. The highest BCUT2D eigenvalue weighted by molar-refractivity contribution is 7.88. The Kier molecular flexibility index (Phi) is 8.25. The molecule has 3 heterocycles. The van der Waals surface area contributed by atoms with Crippen LogP contribution in [-0.4, -0.2) is 59.2 Å². The number of benzene rings is 3. The second-order valence-corrected chi connectivity index (χ2v) is 13.1. The fraction of sp³-hybridized carbons (Fsp3) is 0.250. The number of carbonyl (C=O) groups is 1. The van der Waals surface area contributed by atoms with Crippen LogP contribution >= 0.6 is 0 Å². The van der Waals surface area contributed by atoms with E-state index in [9.17, 15) is 26.4 Å². The van der Waals surface area contributed by atoms with Gasteiger partial charge < -0.3 is 20.2 Å². The third-order valence-corrected chi connectivity index (χ3v) is 9.39. The molecule has 240 valence electrons. The molecule has 10 nitrogen and oxygen atoms in total. The van der Waals surface area contributed by atoms with E-state index in [0.717, 1.165) is 6.26 Å². The molecule has 0 saturated carbocycles. The number of alkyl halides is 2. The monoisotopic (exact) mass is 653 g/mol. The number of ketones is 1. The Balaban J connectivity index is 1.27. The van der Waals surface area contributed by atoms with Gasteiger partial charge in [0.15, 0.2) is 11.6 Å². The lowest BCUT2D eigenvalue weighted by molar-refractivity contribution is -0.0506. The van der Waals surface area contributed by atoms with Crippen molar-refractivity contribution in [1.82, 2.24) is 19.1 Å². The van der Waals surface area contributed by atoms with Gasteiger partial charge in [-0.05, 0) is 85.3 Å². The summed E-state index contributed by atoms with van der Waals surface area (Å²) in [6, 6.07) is 15.7. The predicted octanol–water partition coefficient (Wildman–Crippen LogP) is 6.15. The Morgan fingerprint density at radius 2 is 1.80 bits per heavy atom. The van der Waals surface area contributed by atoms with E-state index in [1.165, 1.54) is 39.4 Å². The lowest BCUT2D eigenvalue weighted by Gasteiger charge is -2.31. The predicted molar refractivity (Wildman–Crippen MR) is 166 cm³/mol. The molecule has 3 aromatic carbocycles. The van der Waals surface area contributed by atoms with E-state index >= 15 is 0 Å². The molecule has 1 aliphatic heterocycles. The molecule has 0 spiro atoms. The molecule has 0 amide bonds.